The first-order valence-electron chi connectivity index (χ1n) is 8.67. The average molecular weight is 303 g/mol. The molecule has 0 spiro atoms. The van der Waals surface area contributed by atoms with Gasteiger partial charge in [0.2, 0.25) is 0 Å². The largest absolute Gasteiger partial charge is 0.307 e. The van der Waals surface area contributed by atoms with Gasteiger partial charge >= 0.3 is 0 Å². The van der Waals surface area contributed by atoms with Gasteiger partial charge in [0.15, 0.2) is 0 Å². The monoisotopic (exact) mass is 303 g/mol. The van der Waals surface area contributed by atoms with Crippen molar-refractivity contribution in [2.45, 2.75) is 44.7 Å². The average Bonchev–Trinajstić information content (AvgIpc) is 2.53. The van der Waals surface area contributed by atoms with Crippen LogP contribution in [0.25, 0.3) is 0 Å². The highest BCUT2D eigenvalue weighted by molar-refractivity contribution is 5.19. The maximum Gasteiger partial charge on any atom is 0.0449 e. The second-order valence-electron chi connectivity index (χ2n) is 7.41. The number of rotatable bonds is 7. The molecule has 0 aliphatic carbocycles. The lowest BCUT2D eigenvalue weighted by molar-refractivity contribution is 0.166. The van der Waals surface area contributed by atoms with Gasteiger partial charge in [0.05, 0.1) is 0 Å². The molecule has 1 atom stereocenters. The third kappa shape index (κ3) is 5.08. The molecule has 0 radical (unpaired) electrons. The Kier molecular flexibility index (Phi) is 6.42. The Labute approximate surface area is 136 Å². The van der Waals surface area contributed by atoms with Crippen molar-refractivity contribution in [3.05, 3.63) is 35.9 Å². The zero-order valence-corrected chi connectivity index (χ0v) is 14.8. The van der Waals surface area contributed by atoms with Crippen LogP contribution in [-0.4, -0.2) is 55.6 Å². The van der Waals surface area contributed by atoms with Gasteiger partial charge in [0.25, 0.3) is 0 Å². The van der Waals surface area contributed by atoms with Gasteiger partial charge in [0, 0.05) is 24.7 Å². The van der Waals surface area contributed by atoms with Crippen LogP contribution >= 0.6 is 0 Å². The molecule has 1 aliphatic rings. The van der Waals surface area contributed by atoms with Crippen molar-refractivity contribution in [1.29, 1.82) is 0 Å². The molecule has 2 rings (SSSR count). The van der Waals surface area contributed by atoms with E-state index in [1.807, 2.05) is 0 Å². The van der Waals surface area contributed by atoms with Crippen molar-refractivity contribution in [1.82, 2.24) is 15.1 Å². The molecule has 0 bridgehead atoms. The highest BCUT2D eigenvalue weighted by Crippen LogP contribution is 2.19. The van der Waals surface area contributed by atoms with E-state index in [0.29, 0.717) is 6.04 Å². The molecule has 1 aliphatic heterocycles. The van der Waals surface area contributed by atoms with Gasteiger partial charge in [-0.2, -0.15) is 0 Å². The molecule has 1 saturated heterocycles. The van der Waals surface area contributed by atoms with E-state index >= 15 is 0 Å². The van der Waals surface area contributed by atoms with Gasteiger partial charge in [-0.25, -0.2) is 0 Å². The standard InChI is InChI=1S/C19H33N3/c1-19(2,21(3)4)16-20-18(17-11-7-5-8-12-17)15-22-13-9-6-10-14-22/h5,7-8,11-12,18,20H,6,9-10,13-16H2,1-4H3/t18-/m0/s1. The third-order valence-electron chi connectivity index (χ3n) is 5.08. The summed E-state index contributed by atoms with van der Waals surface area (Å²) in [4.78, 5) is 4.92. The fourth-order valence-electron chi connectivity index (χ4n) is 2.90. The number of likely N-dealkylation sites (tertiary alicyclic amines) is 1. The summed E-state index contributed by atoms with van der Waals surface area (Å²) >= 11 is 0. The van der Waals surface area contributed by atoms with Crippen molar-refractivity contribution in [3.63, 3.8) is 0 Å². The zero-order valence-electron chi connectivity index (χ0n) is 14.8. The first-order chi connectivity index (χ1) is 10.5. The Morgan fingerprint density at radius 1 is 1.09 bits per heavy atom. The van der Waals surface area contributed by atoms with Crippen LogP contribution in [0, 0.1) is 0 Å². The maximum absolute atomic E-state index is 3.82. The van der Waals surface area contributed by atoms with E-state index in [2.05, 4.69) is 73.4 Å². The second-order valence-corrected chi connectivity index (χ2v) is 7.41. The molecule has 0 aromatic heterocycles. The summed E-state index contributed by atoms with van der Waals surface area (Å²) in [6.45, 7) is 9.21. The van der Waals surface area contributed by atoms with Crippen molar-refractivity contribution >= 4 is 0 Å². The highest BCUT2D eigenvalue weighted by Gasteiger charge is 2.24. The van der Waals surface area contributed by atoms with E-state index in [0.717, 1.165) is 13.1 Å². The van der Waals surface area contributed by atoms with E-state index in [1.165, 1.54) is 37.9 Å². The van der Waals surface area contributed by atoms with Crippen molar-refractivity contribution in [2.24, 2.45) is 0 Å². The van der Waals surface area contributed by atoms with Gasteiger partial charge in [-0.1, -0.05) is 36.8 Å². The first-order valence-corrected chi connectivity index (χ1v) is 8.67. The Morgan fingerprint density at radius 3 is 2.32 bits per heavy atom. The quantitative estimate of drug-likeness (QED) is 0.835. The number of nitrogens with zero attached hydrogens (tertiary/aromatic N) is 2. The van der Waals surface area contributed by atoms with Gasteiger partial charge in [-0.05, 0) is 59.4 Å². The van der Waals surface area contributed by atoms with E-state index in [9.17, 15) is 0 Å². The number of piperidine rings is 1. The Hall–Kier alpha value is -0.900. The SMILES string of the molecule is CN(C)C(C)(C)CN[C@@H](CN1CCCCC1)c1ccccc1. The summed E-state index contributed by atoms with van der Waals surface area (Å²) in [6.07, 6.45) is 4.10. The van der Waals surface area contributed by atoms with Crippen LogP contribution in [0.2, 0.25) is 0 Å². The number of likely N-dealkylation sites (N-methyl/N-ethyl adjacent to an activating group) is 1. The molecule has 1 heterocycles. The normalized spacial score (nSPS) is 18.6. The van der Waals surface area contributed by atoms with E-state index in [-0.39, 0.29) is 5.54 Å². The highest BCUT2D eigenvalue weighted by atomic mass is 15.2. The minimum absolute atomic E-state index is 0.162. The Morgan fingerprint density at radius 2 is 1.73 bits per heavy atom. The zero-order chi connectivity index (χ0) is 16.0. The lowest BCUT2D eigenvalue weighted by atomic mass is 10.0. The lowest BCUT2D eigenvalue weighted by Gasteiger charge is -2.36. The summed E-state index contributed by atoms with van der Waals surface area (Å²) in [5.41, 5.74) is 1.57. The summed E-state index contributed by atoms with van der Waals surface area (Å²) in [6, 6.07) is 11.3. The predicted octanol–water partition coefficient (Wildman–Crippen LogP) is 3.14. The van der Waals surface area contributed by atoms with Crippen LogP contribution in [0.1, 0.15) is 44.7 Å². The van der Waals surface area contributed by atoms with Gasteiger partial charge in [0.1, 0.15) is 0 Å². The summed E-state index contributed by atoms with van der Waals surface area (Å²) in [5, 5.41) is 3.82. The van der Waals surface area contributed by atoms with Crippen LogP contribution in [0.5, 0.6) is 0 Å². The molecule has 124 valence electrons. The number of benzene rings is 1. The third-order valence-corrected chi connectivity index (χ3v) is 5.08. The Balaban J connectivity index is 2.01. The number of nitrogens with one attached hydrogen (secondary N) is 1. The molecule has 0 amide bonds. The minimum atomic E-state index is 0.162. The van der Waals surface area contributed by atoms with Crippen LogP contribution in [0.15, 0.2) is 30.3 Å². The first kappa shape index (κ1) is 17.5. The topological polar surface area (TPSA) is 18.5 Å². The maximum atomic E-state index is 3.82. The lowest BCUT2D eigenvalue weighted by Crippen LogP contribution is -2.49. The number of hydrogen-bond acceptors (Lipinski definition) is 3. The van der Waals surface area contributed by atoms with Gasteiger partial charge in [-0.15, -0.1) is 0 Å². The number of hydrogen-bond donors (Lipinski definition) is 1. The molecule has 1 aromatic carbocycles. The molecular weight excluding hydrogens is 270 g/mol. The van der Waals surface area contributed by atoms with E-state index < -0.39 is 0 Å². The van der Waals surface area contributed by atoms with Crippen molar-refractivity contribution < 1.29 is 0 Å². The minimum Gasteiger partial charge on any atom is -0.307 e. The molecule has 1 aromatic rings. The van der Waals surface area contributed by atoms with Crippen LogP contribution < -0.4 is 5.32 Å². The smallest absolute Gasteiger partial charge is 0.0449 e. The second kappa shape index (κ2) is 8.09. The Bertz CT molecular complexity index is 422. The molecule has 0 saturated carbocycles. The molecule has 1 N–H and O–H groups in total. The fraction of sp³-hybridized carbons (Fsp3) is 0.684. The van der Waals surface area contributed by atoms with Gasteiger partial charge < -0.3 is 15.1 Å². The fourth-order valence-corrected chi connectivity index (χ4v) is 2.90. The molecule has 3 heteroatoms. The molecule has 3 nitrogen and oxygen atoms in total. The molecule has 22 heavy (non-hydrogen) atoms. The van der Waals surface area contributed by atoms with Crippen LogP contribution in [0.4, 0.5) is 0 Å². The predicted molar refractivity (Wildman–Crippen MR) is 95.2 cm³/mol. The van der Waals surface area contributed by atoms with Crippen LogP contribution in [0.3, 0.4) is 0 Å². The van der Waals surface area contributed by atoms with Crippen molar-refractivity contribution in [3.8, 4) is 0 Å². The van der Waals surface area contributed by atoms with Crippen LogP contribution in [-0.2, 0) is 0 Å². The van der Waals surface area contributed by atoms with E-state index in [4.69, 9.17) is 0 Å². The molecule has 0 unspecified atom stereocenters. The summed E-state index contributed by atoms with van der Waals surface area (Å²) in [5.74, 6) is 0. The van der Waals surface area contributed by atoms with Gasteiger partial charge in [-0.3, -0.25) is 0 Å². The van der Waals surface area contributed by atoms with E-state index in [1.54, 1.807) is 0 Å². The summed E-state index contributed by atoms with van der Waals surface area (Å²) in [7, 11) is 4.31. The molecule has 1 fully saturated rings. The molecular formula is C19H33N3. The van der Waals surface area contributed by atoms with Crippen molar-refractivity contribution in [2.75, 3.05) is 40.3 Å². The summed E-state index contributed by atoms with van der Waals surface area (Å²) < 4.78 is 0.